The smallest absolute Gasteiger partial charge is 0.303 e. The van der Waals surface area contributed by atoms with Gasteiger partial charge < -0.3 is 15.3 Å². The molecule has 1 aromatic rings. The molecule has 6 nitrogen and oxygen atoms in total. The molecule has 0 spiro atoms. The molecule has 1 aliphatic heterocycles. The van der Waals surface area contributed by atoms with Crippen LogP contribution in [-0.2, 0) is 14.4 Å². The van der Waals surface area contributed by atoms with Crippen LogP contribution in [0, 0.1) is 19.8 Å². The van der Waals surface area contributed by atoms with Crippen LogP contribution in [0.2, 0.25) is 0 Å². The second kappa shape index (κ2) is 7.47. The molecule has 2 N–H and O–H groups in total. The van der Waals surface area contributed by atoms with Crippen LogP contribution in [0.25, 0.3) is 0 Å². The van der Waals surface area contributed by atoms with Crippen LogP contribution >= 0.6 is 0 Å². The Morgan fingerprint density at radius 2 is 2.08 bits per heavy atom. The van der Waals surface area contributed by atoms with Gasteiger partial charge in [0.1, 0.15) is 0 Å². The lowest BCUT2D eigenvalue weighted by Crippen LogP contribution is -2.38. The van der Waals surface area contributed by atoms with E-state index in [1.165, 1.54) is 0 Å². The third-order valence-corrected chi connectivity index (χ3v) is 4.54. The second-order valence-electron chi connectivity index (χ2n) is 6.47. The third-order valence-electron chi connectivity index (χ3n) is 4.54. The first-order chi connectivity index (χ1) is 11.3. The molecule has 2 atom stereocenters. The first-order valence-corrected chi connectivity index (χ1v) is 8.18. The molecule has 2 rings (SSSR count). The summed E-state index contributed by atoms with van der Waals surface area (Å²) in [5.74, 6) is -1.52. The number of nitrogens with zero attached hydrogens (tertiary/aromatic N) is 1. The standard InChI is InChI=1S/C18H24N2O4/c1-11-5-4-6-15(13(11)3)20-10-14(9-16(20)21)18(24)19-12(2)7-8-17(22)23/h4-6,12,14H,7-10H2,1-3H3,(H,19,24)(H,22,23). The van der Waals surface area contributed by atoms with Gasteiger partial charge in [0.2, 0.25) is 11.8 Å². The van der Waals surface area contributed by atoms with Crippen molar-refractivity contribution in [3.05, 3.63) is 29.3 Å². The molecule has 1 saturated heterocycles. The monoisotopic (exact) mass is 332 g/mol. The Balaban J connectivity index is 2.00. The summed E-state index contributed by atoms with van der Waals surface area (Å²) in [6, 6.07) is 5.58. The summed E-state index contributed by atoms with van der Waals surface area (Å²) in [5, 5.41) is 11.5. The molecule has 1 aromatic carbocycles. The molecule has 24 heavy (non-hydrogen) atoms. The zero-order chi connectivity index (χ0) is 17.9. The van der Waals surface area contributed by atoms with E-state index >= 15 is 0 Å². The molecular weight excluding hydrogens is 308 g/mol. The van der Waals surface area contributed by atoms with Gasteiger partial charge in [-0.3, -0.25) is 14.4 Å². The number of carboxylic acids is 1. The van der Waals surface area contributed by atoms with Crippen LogP contribution in [0.5, 0.6) is 0 Å². The minimum Gasteiger partial charge on any atom is -0.481 e. The molecule has 0 aliphatic carbocycles. The normalized spacial score (nSPS) is 18.5. The van der Waals surface area contributed by atoms with E-state index in [1.807, 2.05) is 32.0 Å². The minimum absolute atomic E-state index is 0.0135. The Bertz CT molecular complexity index is 656. The number of rotatable bonds is 6. The van der Waals surface area contributed by atoms with Gasteiger partial charge in [-0.05, 0) is 44.4 Å². The van der Waals surface area contributed by atoms with Gasteiger partial charge in [-0.2, -0.15) is 0 Å². The fourth-order valence-corrected chi connectivity index (χ4v) is 2.92. The third kappa shape index (κ3) is 4.13. The lowest BCUT2D eigenvalue weighted by atomic mass is 10.1. The molecule has 1 fully saturated rings. The number of amides is 2. The molecule has 2 amide bonds. The summed E-state index contributed by atoms with van der Waals surface area (Å²) in [5.41, 5.74) is 3.01. The molecule has 0 saturated carbocycles. The Morgan fingerprint density at radius 3 is 2.75 bits per heavy atom. The number of carbonyl (C=O) groups excluding carboxylic acids is 2. The van der Waals surface area contributed by atoms with E-state index in [2.05, 4.69) is 5.32 Å². The van der Waals surface area contributed by atoms with Gasteiger partial charge in [0.05, 0.1) is 5.92 Å². The summed E-state index contributed by atoms with van der Waals surface area (Å²) in [6.07, 6.45) is 0.576. The maximum atomic E-state index is 12.3. The zero-order valence-electron chi connectivity index (χ0n) is 14.3. The molecule has 0 radical (unpaired) electrons. The highest BCUT2D eigenvalue weighted by molar-refractivity contribution is 6.01. The predicted octanol–water partition coefficient (Wildman–Crippen LogP) is 2.03. The van der Waals surface area contributed by atoms with Gasteiger partial charge in [0.25, 0.3) is 0 Å². The van der Waals surface area contributed by atoms with Gasteiger partial charge in [-0.25, -0.2) is 0 Å². The second-order valence-corrected chi connectivity index (χ2v) is 6.47. The maximum Gasteiger partial charge on any atom is 0.303 e. The van der Waals surface area contributed by atoms with Crippen molar-refractivity contribution < 1.29 is 19.5 Å². The van der Waals surface area contributed by atoms with E-state index in [0.29, 0.717) is 13.0 Å². The number of anilines is 1. The highest BCUT2D eigenvalue weighted by Crippen LogP contribution is 2.29. The van der Waals surface area contributed by atoms with Crippen molar-refractivity contribution in [2.45, 2.75) is 46.1 Å². The van der Waals surface area contributed by atoms with E-state index in [1.54, 1.807) is 11.8 Å². The van der Waals surface area contributed by atoms with E-state index in [4.69, 9.17) is 5.11 Å². The lowest BCUT2D eigenvalue weighted by molar-refractivity contribution is -0.137. The number of aliphatic carboxylic acids is 1. The number of nitrogens with one attached hydrogen (secondary N) is 1. The molecular formula is C18H24N2O4. The highest BCUT2D eigenvalue weighted by atomic mass is 16.4. The number of carbonyl (C=O) groups is 3. The van der Waals surface area contributed by atoms with Crippen LogP contribution in [0.3, 0.4) is 0 Å². The van der Waals surface area contributed by atoms with Crippen molar-refractivity contribution >= 4 is 23.5 Å². The Labute approximate surface area is 141 Å². The summed E-state index contributed by atoms with van der Waals surface area (Å²) >= 11 is 0. The van der Waals surface area contributed by atoms with Gasteiger partial charge in [-0.15, -0.1) is 0 Å². The molecule has 0 bridgehead atoms. The summed E-state index contributed by atoms with van der Waals surface area (Å²) in [4.78, 5) is 36.9. The molecule has 1 heterocycles. The topological polar surface area (TPSA) is 86.7 Å². The van der Waals surface area contributed by atoms with Crippen molar-refractivity contribution in [2.24, 2.45) is 5.92 Å². The average molecular weight is 332 g/mol. The fourth-order valence-electron chi connectivity index (χ4n) is 2.92. The Kier molecular flexibility index (Phi) is 5.59. The van der Waals surface area contributed by atoms with Crippen molar-refractivity contribution in [1.82, 2.24) is 5.32 Å². The van der Waals surface area contributed by atoms with Crippen molar-refractivity contribution in [3.8, 4) is 0 Å². The van der Waals surface area contributed by atoms with Gasteiger partial charge >= 0.3 is 5.97 Å². The SMILES string of the molecule is Cc1cccc(N2CC(C(=O)NC(C)CCC(=O)O)CC2=O)c1C. The molecule has 1 aliphatic rings. The van der Waals surface area contributed by atoms with Gasteiger partial charge in [0, 0.05) is 31.1 Å². The van der Waals surface area contributed by atoms with Crippen LogP contribution < -0.4 is 10.2 Å². The quantitative estimate of drug-likeness (QED) is 0.834. The number of carboxylic acid groups (broad SMARTS) is 1. The van der Waals surface area contributed by atoms with Crippen molar-refractivity contribution in [3.63, 3.8) is 0 Å². The summed E-state index contributed by atoms with van der Waals surface area (Å²) in [6.45, 7) is 6.10. The number of hydrogen-bond donors (Lipinski definition) is 2. The van der Waals surface area contributed by atoms with Gasteiger partial charge in [-0.1, -0.05) is 12.1 Å². The van der Waals surface area contributed by atoms with Crippen LogP contribution in [0.1, 0.15) is 37.3 Å². The highest BCUT2D eigenvalue weighted by Gasteiger charge is 2.36. The van der Waals surface area contributed by atoms with Crippen molar-refractivity contribution in [1.29, 1.82) is 0 Å². The average Bonchev–Trinajstić information content (AvgIpc) is 2.90. The van der Waals surface area contributed by atoms with Crippen LogP contribution in [0.4, 0.5) is 5.69 Å². The maximum absolute atomic E-state index is 12.3. The largest absolute Gasteiger partial charge is 0.481 e. The van der Waals surface area contributed by atoms with Gasteiger partial charge in [0.15, 0.2) is 0 Å². The molecule has 130 valence electrons. The number of benzene rings is 1. The van der Waals surface area contributed by atoms with Crippen LogP contribution in [-0.4, -0.2) is 35.5 Å². The molecule has 0 aromatic heterocycles. The Hall–Kier alpha value is -2.37. The van der Waals surface area contributed by atoms with Crippen LogP contribution in [0.15, 0.2) is 18.2 Å². The summed E-state index contributed by atoms with van der Waals surface area (Å²) < 4.78 is 0. The van der Waals surface area contributed by atoms with E-state index in [0.717, 1.165) is 16.8 Å². The van der Waals surface area contributed by atoms with E-state index in [-0.39, 0.29) is 30.7 Å². The number of hydrogen-bond acceptors (Lipinski definition) is 3. The van der Waals surface area contributed by atoms with E-state index < -0.39 is 11.9 Å². The minimum atomic E-state index is -0.881. The number of aryl methyl sites for hydroxylation is 1. The first kappa shape index (κ1) is 18.0. The lowest BCUT2D eigenvalue weighted by Gasteiger charge is -2.20. The zero-order valence-corrected chi connectivity index (χ0v) is 14.3. The molecule has 6 heteroatoms. The first-order valence-electron chi connectivity index (χ1n) is 8.18. The Morgan fingerprint density at radius 1 is 1.38 bits per heavy atom. The fraction of sp³-hybridized carbons (Fsp3) is 0.500. The summed E-state index contributed by atoms with van der Waals surface area (Å²) in [7, 11) is 0. The van der Waals surface area contributed by atoms with E-state index in [9.17, 15) is 14.4 Å². The molecule has 2 unspecified atom stereocenters. The predicted molar refractivity (Wildman–Crippen MR) is 90.9 cm³/mol. The van der Waals surface area contributed by atoms with Crippen molar-refractivity contribution in [2.75, 3.05) is 11.4 Å².